The van der Waals surface area contributed by atoms with Gasteiger partial charge in [-0.1, -0.05) is 12.1 Å². The van der Waals surface area contributed by atoms with Gasteiger partial charge in [-0.2, -0.15) is 0 Å². The molecule has 0 unspecified atom stereocenters. The first-order chi connectivity index (χ1) is 15.7. The van der Waals surface area contributed by atoms with Crippen molar-refractivity contribution in [2.45, 2.75) is 0 Å². The average molecular weight is 431 g/mol. The summed E-state index contributed by atoms with van der Waals surface area (Å²) in [7, 11) is 4.86. The zero-order chi connectivity index (χ0) is 22.5. The van der Waals surface area contributed by atoms with E-state index in [-0.39, 0.29) is 0 Å². The lowest BCUT2D eigenvalue weighted by atomic mass is 10.00. The Labute approximate surface area is 186 Å². The fourth-order valence-electron chi connectivity index (χ4n) is 3.59. The second-order valence-electron chi connectivity index (χ2n) is 7.03. The van der Waals surface area contributed by atoms with Crippen LogP contribution in [0.5, 0.6) is 23.0 Å². The zero-order valence-corrected chi connectivity index (χ0v) is 18.3. The van der Waals surface area contributed by atoms with Gasteiger partial charge in [0.05, 0.1) is 32.5 Å². The SMILES string of the molecule is COc1ccc(-c2ncnc3ccc(-c4ccc(OCCN)c(OC)c4)cc23)cc1OC. The van der Waals surface area contributed by atoms with Crippen LogP contribution in [0.15, 0.2) is 60.9 Å². The first-order valence-electron chi connectivity index (χ1n) is 10.2. The van der Waals surface area contributed by atoms with Gasteiger partial charge < -0.3 is 24.7 Å². The van der Waals surface area contributed by atoms with Crippen molar-refractivity contribution < 1.29 is 18.9 Å². The van der Waals surface area contributed by atoms with Gasteiger partial charge in [0.1, 0.15) is 12.9 Å². The van der Waals surface area contributed by atoms with Crippen LogP contribution >= 0.6 is 0 Å². The molecule has 2 N–H and O–H groups in total. The number of aromatic nitrogens is 2. The highest BCUT2D eigenvalue weighted by Crippen LogP contribution is 2.37. The highest BCUT2D eigenvalue weighted by Gasteiger charge is 2.13. The first kappa shape index (κ1) is 21.4. The Morgan fingerprint density at radius 1 is 0.688 bits per heavy atom. The number of methoxy groups -OCH3 is 3. The zero-order valence-electron chi connectivity index (χ0n) is 18.3. The summed E-state index contributed by atoms with van der Waals surface area (Å²) in [5.41, 5.74) is 10.1. The van der Waals surface area contributed by atoms with Crippen molar-refractivity contribution in [2.75, 3.05) is 34.5 Å². The maximum absolute atomic E-state index is 5.66. The Bertz CT molecular complexity index is 1240. The molecule has 1 aromatic heterocycles. The maximum atomic E-state index is 5.66. The predicted molar refractivity (Wildman–Crippen MR) is 125 cm³/mol. The van der Waals surface area contributed by atoms with Crippen molar-refractivity contribution in [3.63, 3.8) is 0 Å². The lowest BCUT2D eigenvalue weighted by molar-refractivity contribution is 0.302. The van der Waals surface area contributed by atoms with E-state index >= 15 is 0 Å². The van der Waals surface area contributed by atoms with Crippen molar-refractivity contribution in [2.24, 2.45) is 5.73 Å². The summed E-state index contributed by atoms with van der Waals surface area (Å²) < 4.78 is 22.0. The van der Waals surface area contributed by atoms with E-state index in [0.717, 1.165) is 33.3 Å². The van der Waals surface area contributed by atoms with Crippen LogP contribution in [0.25, 0.3) is 33.3 Å². The Balaban J connectivity index is 1.80. The van der Waals surface area contributed by atoms with Crippen molar-refractivity contribution in [3.8, 4) is 45.4 Å². The lowest BCUT2D eigenvalue weighted by Gasteiger charge is -2.13. The van der Waals surface area contributed by atoms with E-state index in [4.69, 9.17) is 24.7 Å². The summed E-state index contributed by atoms with van der Waals surface area (Å²) in [5.74, 6) is 2.63. The number of fused-ring (bicyclic) bond motifs is 1. The van der Waals surface area contributed by atoms with Crippen LogP contribution in [0.2, 0.25) is 0 Å². The summed E-state index contributed by atoms with van der Waals surface area (Å²) in [5, 5.41) is 0.930. The Morgan fingerprint density at radius 2 is 1.31 bits per heavy atom. The molecule has 7 nitrogen and oxygen atoms in total. The lowest BCUT2D eigenvalue weighted by Crippen LogP contribution is -2.11. The standard InChI is InChI=1S/C25H25N3O4/c1-29-21-8-6-18(14-23(21)30-2)25-19-12-16(4-7-20(19)27-15-28-25)17-5-9-22(32-11-10-26)24(13-17)31-3/h4-9,12-15H,10-11,26H2,1-3H3. The largest absolute Gasteiger partial charge is 0.493 e. The third kappa shape index (κ3) is 4.15. The molecular formula is C25H25N3O4. The van der Waals surface area contributed by atoms with E-state index in [1.54, 1.807) is 27.7 Å². The molecule has 0 bridgehead atoms. The van der Waals surface area contributed by atoms with Crippen LogP contribution in [0.1, 0.15) is 0 Å². The molecule has 0 spiro atoms. The van der Waals surface area contributed by atoms with Gasteiger partial charge in [-0.15, -0.1) is 0 Å². The molecule has 3 aromatic carbocycles. The van der Waals surface area contributed by atoms with E-state index in [1.807, 2.05) is 48.5 Å². The van der Waals surface area contributed by atoms with Gasteiger partial charge in [0.25, 0.3) is 0 Å². The van der Waals surface area contributed by atoms with Crippen molar-refractivity contribution in [1.82, 2.24) is 9.97 Å². The molecule has 1 heterocycles. The molecule has 0 aliphatic carbocycles. The fraction of sp³-hybridized carbons (Fsp3) is 0.200. The van der Waals surface area contributed by atoms with Crippen LogP contribution in [0, 0.1) is 0 Å². The van der Waals surface area contributed by atoms with Gasteiger partial charge in [-0.05, 0) is 53.6 Å². The molecule has 7 heteroatoms. The predicted octanol–water partition coefficient (Wildman–Crippen LogP) is 4.33. The Hall–Kier alpha value is -3.84. The smallest absolute Gasteiger partial charge is 0.161 e. The molecule has 4 aromatic rings. The molecule has 0 saturated heterocycles. The Morgan fingerprint density at radius 3 is 2.06 bits per heavy atom. The van der Waals surface area contributed by atoms with E-state index in [1.165, 1.54) is 0 Å². The van der Waals surface area contributed by atoms with Gasteiger partial charge >= 0.3 is 0 Å². The fourth-order valence-corrected chi connectivity index (χ4v) is 3.59. The van der Waals surface area contributed by atoms with Crippen LogP contribution in [0.4, 0.5) is 0 Å². The van der Waals surface area contributed by atoms with Gasteiger partial charge in [0.2, 0.25) is 0 Å². The molecule has 0 saturated carbocycles. The minimum Gasteiger partial charge on any atom is -0.493 e. The van der Waals surface area contributed by atoms with E-state index in [9.17, 15) is 0 Å². The average Bonchev–Trinajstić information content (AvgIpc) is 2.86. The second-order valence-corrected chi connectivity index (χ2v) is 7.03. The molecule has 0 amide bonds. The number of rotatable bonds is 8. The topological polar surface area (TPSA) is 88.7 Å². The molecule has 32 heavy (non-hydrogen) atoms. The summed E-state index contributed by atoms with van der Waals surface area (Å²) in [6.45, 7) is 0.867. The van der Waals surface area contributed by atoms with Gasteiger partial charge in [-0.25, -0.2) is 9.97 Å². The summed E-state index contributed by atoms with van der Waals surface area (Å²) in [6, 6.07) is 17.7. The molecule has 0 aliphatic heterocycles. The number of hydrogen-bond acceptors (Lipinski definition) is 7. The summed E-state index contributed by atoms with van der Waals surface area (Å²) in [6.07, 6.45) is 1.57. The van der Waals surface area contributed by atoms with Crippen LogP contribution < -0.4 is 24.7 Å². The van der Waals surface area contributed by atoms with Crippen molar-refractivity contribution in [1.29, 1.82) is 0 Å². The molecule has 0 atom stereocenters. The molecule has 164 valence electrons. The highest BCUT2D eigenvalue weighted by atomic mass is 16.5. The Kier molecular flexibility index (Phi) is 6.37. The van der Waals surface area contributed by atoms with E-state index in [0.29, 0.717) is 36.1 Å². The second kappa shape index (κ2) is 9.53. The van der Waals surface area contributed by atoms with Gasteiger partial charge in [-0.3, -0.25) is 0 Å². The normalized spacial score (nSPS) is 10.8. The van der Waals surface area contributed by atoms with Gasteiger partial charge in [0, 0.05) is 17.5 Å². The van der Waals surface area contributed by atoms with Crippen molar-refractivity contribution >= 4 is 10.9 Å². The monoisotopic (exact) mass is 431 g/mol. The molecular weight excluding hydrogens is 406 g/mol. The molecule has 4 rings (SSSR count). The summed E-state index contributed by atoms with van der Waals surface area (Å²) in [4.78, 5) is 9.00. The maximum Gasteiger partial charge on any atom is 0.161 e. The quantitative estimate of drug-likeness (QED) is 0.444. The third-order valence-corrected chi connectivity index (χ3v) is 5.16. The molecule has 0 fully saturated rings. The first-order valence-corrected chi connectivity index (χ1v) is 10.2. The van der Waals surface area contributed by atoms with Crippen LogP contribution in [-0.4, -0.2) is 44.4 Å². The van der Waals surface area contributed by atoms with Crippen LogP contribution in [-0.2, 0) is 0 Å². The number of nitrogens with zero attached hydrogens (tertiary/aromatic N) is 2. The minimum atomic E-state index is 0.428. The molecule has 0 aliphatic rings. The van der Waals surface area contributed by atoms with Crippen molar-refractivity contribution in [3.05, 3.63) is 60.9 Å². The molecule has 0 radical (unpaired) electrons. The number of nitrogens with two attached hydrogens (primary N) is 1. The van der Waals surface area contributed by atoms with Gasteiger partial charge in [0.15, 0.2) is 23.0 Å². The third-order valence-electron chi connectivity index (χ3n) is 5.16. The number of hydrogen-bond donors (Lipinski definition) is 1. The van der Waals surface area contributed by atoms with Crippen LogP contribution in [0.3, 0.4) is 0 Å². The number of benzene rings is 3. The summed E-state index contributed by atoms with van der Waals surface area (Å²) >= 11 is 0. The van der Waals surface area contributed by atoms with E-state index < -0.39 is 0 Å². The minimum absolute atomic E-state index is 0.428. The van der Waals surface area contributed by atoms with E-state index in [2.05, 4.69) is 16.0 Å². The highest BCUT2D eigenvalue weighted by molar-refractivity contribution is 5.95. The number of ether oxygens (including phenoxy) is 4.